The van der Waals surface area contributed by atoms with Crippen molar-refractivity contribution in [2.45, 2.75) is 26.7 Å². The van der Waals surface area contributed by atoms with E-state index < -0.39 is 6.09 Å². The zero-order valence-corrected chi connectivity index (χ0v) is 14.6. The van der Waals surface area contributed by atoms with Crippen LogP contribution in [0.3, 0.4) is 0 Å². The molecule has 2 aromatic carbocycles. The fourth-order valence-corrected chi connectivity index (χ4v) is 2.53. The predicted octanol–water partition coefficient (Wildman–Crippen LogP) is 4.92. The minimum Gasteiger partial charge on any atom is -0.410 e. The molecule has 0 saturated carbocycles. The Morgan fingerprint density at radius 1 is 1.08 bits per heavy atom. The second kappa shape index (κ2) is 7.21. The summed E-state index contributed by atoms with van der Waals surface area (Å²) in [7, 11) is 0. The van der Waals surface area contributed by atoms with Crippen LogP contribution in [0.1, 0.15) is 31.0 Å². The summed E-state index contributed by atoms with van der Waals surface area (Å²) < 4.78 is 7.10. The molecule has 1 amide bonds. The van der Waals surface area contributed by atoms with Gasteiger partial charge in [0.1, 0.15) is 11.6 Å². The molecule has 0 radical (unpaired) electrons. The van der Waals surface area contributed by atoms with Crippen LogP contribution in [0.4, 0.5) is 10.6 Å². The lowest BCUT2D eigenvalue weighted by Crippen LogP contribution is -2.19. The highest BCUT2D eigenvalue weighted by atomic mass is 16.6. The van der Waals surface area contributed by atoms with Gasteiger partial charge in [0.2, 0.25) is 0 Å². The van der Waals surface area contributed by atoms with Gasteiger partial charge in [-0.1, -0.05) is 44.2 Å². The summed E-state index contributed by atoms with van der Waals surface area (Å²) >= 11 is 0. The maximum Gasteiger partial charge on any atom is 0.418 e. The first-order valence-electron chi connectivity index (χ1n) is 8.24. The van der Waals surface area contributed by atoms with Gasteiger partial charge in [-0.25, -0.2) is 9.48 Å². The summed E-state index contributed by atoms with van der Waals surface area (Å²) in [5, 5.41) is 7.19. The first kappa shape index (κ1) is 16.8. The Morgan fingerprint density at radius 3 is 2.56 bits per heavy atom. The van der Waals surface area contributed by atoms with E-state index in [4.69, 9.17) is 4.74 Å². The maximum atomic E-state index is 12.3. The average Bonchev–Trinajstić information content (AvgIpc) is 2.96. The fraction of sp³-hybridized carbons (Fsp3) is 0.200. The van der Waals surface area contributed by atoms with Crippen LogP contribution in [0.25, 0.3) is 5.69 Å². The molecular weight excluding hydrogens is 314 g/mol. The first-order chi connectivity index (χ1) is 12.0. The van der Waals surface area contributed by atoms with Crippen molar-refractivity contribution in [3.8, 4) is 11.4 Å². The van der Waals surface area contributed by atoms with Gasteiger partial charge in [0.15, 0.2) is 0 Å². The highest BCUT2D eigenvalue weighted by Crippen LogP contribution is 2.21. The third kappa shape index (κ3) is 4.07. The van der Waals surface area contributed by atoms with E-state index in [1.807, 2.05) is 55.5 Å². The molecule has 3 aromatic rings. The molecule has 25 heavy (non-hydrogen) atoms. The van der Waals surface area contributed by atoms with E-state index >= 15 is 0 Å². The Morgan fingerprint density at radius 2 is 1.84 bits per heavy atom. The van der Waals surface area contributed by atoms with Crippen molar-refractivity contribution in [1.29, 1.82) is 0 Å². The van der Waals surface area contributed by atoms with Gasteiger partial charge in [0.05, 0.1) is 11.4 Å². The van der Waals surface area contributed by atoms with Gasteiger partial charge in [-0.15, -0.1) is 0 Å². The van der Waals surface area contributed by atoms with Gasteiger partial charge in [0, 0.05) is 6.07 Å². The number of hydrogen-bond acceptors (Lipinski definition) is 3. The van der Waals surface area contributed by atoms with Crippen LogP contribution in [0.15, 0.2) is 60.7 Å². The van der Waals surface area contributed by atoms with E-state index in [9.17, 15) is 4.79 Å². The second-order valence-corrected chi connectivity index (χ2v) is 6.16. The first-order valence-corrected chi connectivity index (χ1v) is 8.24. The van der Waals surface area contributed by atoms with Crippen LogP contribution >= 0.6 is 0 Å². The third-order valence-corrected chi connectivity index (χ3v) is 3.80. The Kier molecular flexibility index (Phi) is 4.84. The number of rotatable bonds is 4. The fourth-order valence-electron chi connectivity index (χ4n) is 2.53. The molecule has 3 rings (SSSR count). The number of carbonyl (C=O) groups is 1. The molecule has 0 fully saturated rings. The van der Waals surface area contributed by atoms with Crippen LogP contribution < -0.4 is 10.1 Å². The number of hydrogen-bond donors (Lipinski definition) is 1. The molecule has 0 bridgehead atoms. The zero-order valence-electron chi connectivity index (χ0n) is 14.6. The maximum absolute atomic E-state index is 12.3. The van der Waals surface area contributed by atoms with E-state index in [1.165, 1.54) is 0 Å². The number of amides is 1. The van der Waals surface area contributed by atoms with Gasteiger partial charge in [-0.2, -0.15) is 5.10 Å². The van der Waals surface area contributed by atoms with Crippen LogP contribution in [0.2, 0.25) is 0 Å². The molecule has 1 N–H and O–H groups in total. The van der Waals surface area contributed by atoms with Crippen molar-refractivity contribution in [2.75, 3.05) is 5.32 Å². The largest absolute Gasteiger partial charge is 0.418 e. The number of anilines is 1. The Bertz CT molecular complexity index is 870. The van der Waals surface area contributed by atoms with E-state index in [2.05, 4.69) is 24.3 Å². The molecule has 1 aromatic heterocycles. The highest BCUT2D eigenvalue weighted by molar-refractivity contribution is 5.85. The van der Waals surface area contributed by atoms with Gasteiger partial charge in [0.25, 0.3) is 0 Å². The van der Waals surface area contributed by atoms with Crippen molar-refractivity contribution in [1.82, 2.24) is 9.78 Å². The lowest BCUT2D eigenvalue weighted by molar-refractivity contribution is 0.215. The molecule has 0 spiro atoms. The number of ether oxygens (including phenoxy) is 1. The number of para-hydroxylation sites is 1. The Hall–Kier alpha value is -3.08. The highest BCUT2D eigenvalue weighted by Gasteiger charge is 2.12. The van der Waals surface area contributed by atoms with Crippen molar-refractivity contribution >= 4 is 11.9 Å². The second-order valence-electron chi connectivity index (χ2n) is 6.16. The minimum absolute atomic E-state index is 0.369. The van der Waals surface area contributed by atoms with Crippen molar-refractivity contribution in [2.24, 2.45) is 0 Å². The number of aromatic nitrogens is 2. The van der Waals surface area contributed by atoms with Crippen LogP contribution in [0, 0.1) is 6.92 Å². The monoisotopic (exact) mass is 335 g/mol. The van der Waals surface area contributed by atoms with E-state index in [1.54, 1.807) is 16.8 Å². The molecule has 0 aliphatic carbocycles. The molecule has 1 heterocycles. The summed E-state index contributed by atoms with van der Waals surface area (Å²) in [6, 6.07) is 19.0. The normalized spacial score (nSPS) is 10.7. The van der Waals surface area contributed by atoms with Crippen LogP contribution in [-0.2, 0) is 0 Å². The van der Waals surface area contributed by atoms with Crippen LogP contribution in [0.5, 0.6) is 5.75 Å². The zero-order chi connectivity index (χ0) is 17.8. The third-order valence-electron chi connectivity index (χ3n) is 3.80. The summed E-state index contributed by atoms with van der Waals surface area (Å²) in [5.74, 6) is 1.45. The molecule has 128 valence electrons. The Labute approximate surface area is 147 Å². The molecule has 0 unspecified atom stereocenters. The van der Waals surface area contributed by atoms with E-state index in [-0.39, 0.29) is 0 Å². The van der Waals surface area contributed by atoms with E-state index in [0.29, 0.717) is 17.5 Å². The van der Waals surface area contributed by atoms with Crippen molar-refractivity contribution < 1.29 is 9.53 Å². The smallest absolute Gasteiger partial charge is 0.410 e. The predicted molar refractivity (Wildman–Crippen MR) is 98.5 cm³/mol. The van der Waals surface area contributed by atoms with Gasteiger partial charge in [-0.05, 0) is 42.7 Å². The van der Waals surface area contributed by atoms with Crippen molar-refractivity contribution in [3.05, 3.63) is 71.9 Å². The SMILES string of the molecule is Cc1cc(NC(=O)Oc2cccc(C(C)C)c2)n(-c2ccccc2)n1. The number of nitrogens with one attached hydrogen (secondary N) is 1. The lowest BCUT2D eigenvalue weighted by atomic mass is 10.0. The summed E-state index contributed by atoms with van der Waals surface area (Å²) in [6.07, 6.45) is -0.544. The topological polar surface area (TPSA) is 56.1 Å². The van der Waals surface area contributed by atoms with Crippen LogP contribution in [-0.4, -0.2) is 15.9 Å². The molecule has 0 aliphatic heterocycles. The average molecular weight is 335 g/mol. The lowest BCUT2D eigenvalue weighted by Gasteiger charge is -2.11. The number of benzene rings is 2. The summed E-state index contributed by atoms with van der Waals surface area (Å²) in [4.78, 5) is 12.3. The minimum atomic E-state index is -0.544. The number of carbonyl (C=O) groups excluding carboxylic acids is 1. The van der Waals surface area contributed by atoms with E-state index in [0.717, 1.165) is 16.9 Å². The quantitative estimate of drug-likeness (QED) is 0.736. The molecule has 5 heteroatoms. The molecule has 5 nitrogen and oxygen atoms in total. The summed E-state index contributed by atoms with van der Waals surface area (Å²) in [6.45, 7) is 6.07. The Balaban J connectivity index is 1.77. The summed E-state index contributed by atoms with van der Waals surface area (Å²) in [5.41, 5.74) is 2.80. The molecule has 0 atom stereocenters. The van der Waals surface area contributed by atoms with Crippen molar-refractivity contribution in [3.63, 3.8) is 0 Å². The number of nitrogens with zero attached hydrogens (tertiary/aromatic N) is 2. The molecule has 0 aliphatic rings. The van der Waals surface area contributed by atoms with Gasteiger partial charge < -0.3 is 4.74 Å². The van der Waals surface area contributed by atoms with Gasteiger partial charge >= 0.3 is 6.09 Å². The van der Waals surface area contributed by atoms with Gasteiger partial charge in [-0.3, -0.25) is 5.32 Å². The molecule has 0 saturated heterocycles. The number of aryl methyl sites for hydroxylation is 1. The standard InChI is InChI=1S/C20H21N3O2/c1-14(2)16-8-7-11-18(13-16)25-20(24)21-19-12-15(3)22-23(19)17-9-5-4-6-10-17/h4-14H,1-3H3,(H,21,24). The molecular formula is C20H21N3O2.